The van der Waals surface area contributed by atoms with Gasteiger partial charge in [0, 0.05) is 19.2 Å². The molecule has 0 aliphatic rings. The zero-order chi connectivity index (χ0) is 13.0. The van der Waals surface area contributed by atoms with Gasteiger partial charge in [-0.05, 0) is 18.2 Å². The molecule has 1 N–H and O–H groups in total. The molecular weight excluding hydrogens is 224 g/mol. The molecule has 0 radical (unpaired) electrons. The Labute approximate surface area is 107 Å². The monoisotopic (exact) mass is 242 g/mol. The Balaban J connectivity index is 2.41. The fourth-order valence-electron chi connectivity index (χ4n) is 1.98. The topological polar surface area (TPSA) is 34.0 Å². The van der Waals surface area contributed by atoms with Crippen molar-refractivity contribution in [2.75, 3.05) is 6.54 Å². The molecule has 1 aromatic carbocycles. The molecule has 0 saturated carbocycles. The normalized spacial score (nSPS) is 10.6. The number of aromatic nitrogens is 1. The average molecular weight is 242 g/mol. The second kappa shape index (κ2) is 5.65. The maximum absolute atomic E-state index is 12.2. The van der Waals surface area contributed by atoms with Crippen LogP contribution in [-0.4, -0.2) is 11.1 Å². The number of hydrogen-bond acceptors (Lipinski definition) is 2. The molecule has 0 spiro atoms. The Morgan fingerprint density at radius 1 is 1.11 bits per heavy atom. The molecule has 0 fully saturated rings. The second-order valence-corrected chi connectivity index (χ2v) is 4.25. The van der Waals surface area contributed by atoms with Crippen molar-refractivity contribution in [1.29, 1.82) is 0 Å². The van der Waals surface area contributed by atoms with Gasteiger partial charge in [-0.15, -0.1) is 0 Å². The van der Waals surface area contributed by atoms with Crippen LogP contribution >= 0.6 is 0 Å². The van der Waals surface area contributed by atoms with Crippen molar-refractivity contribution < 1.29 is 0 Å². The minimum atomic E-state index is 0.0669. The largest absolute Gasteiger partial charge is 0.313 e. The van der Waals surface area contributed by atoms with Gasteiger partial charge >= 0.3 is 0 Å². The first kappa shape index (κ1) is 12.6. The molecule has 0 bridgehead atoms. The Morgan fingerprint density at radius 3 is 2.50 bits per heavy atom. The van der Waals surface area contributed by atoms with Gasteiger partial charge in [0.05, 0.1) is 5.69 Å². The molecule has 3 heteroatoms. The Bertz CT molecular complexity index is 573. The molecule has 2 aromatic rings. The quantitative estimate of drug-likeness (QED) is 0.891. The first-order valence-corrected chi connectivity index (χ1v) is 6.19. The van der Waals surface area contributed by atoms with Gasteiger partial charge in [-0.1, -0.05) is 43.3 Å². The summed E-state index contributed by atoms with van der Waals surface area (Å²) in [6.07, 6.45) is 0. The summed E-state index contributed by atoms with van der Waals surface area (Å²) in [7, 11) is 1.82. The number of benzene rings is 1. The minimum absolute atomic E-state index is 0.0669. The van der Waals surface area contributed by atoms with E-state index in [0.717, 1.165) is 23.4 Å². The Morgan fingerprint density at radius 2 is 1.83 bits per heavy atom. The van der Waals surface area contributed by atoms with Gasteiger partial charge in [0.2, 0.25) is 0 Å². The zero-order valence-corrected chi connectivity index (χ0v) is 10.8. The molecule has 0 aliphatic carbocycles. The molecular formula is C15H18N2O. The molecule has 1 aromatic heterocycles. The Kier molecular flexibility index (Phi) is 3.95. The summed E-state index contributed by atoms with van der Waals surface area (Å²) in [6, 6.07) is 13.9. The summed E-state index contributed by atoms with van der Waals surface area (Å²) >= 11 is 0. The third-order valence-corrected chi connectivity index (χ3v) is 3.02. The van der Waals surface area contributed by atoms with Gasteiger partial charge in [-0.2, -0.15) is 0 Å². The summed E-state index contributed by atoms with van der Waals surface area (Å²) in [5.41, 5.74) is 2.88. The lowest BCUT2D eigenvalue weighted by atomic mass is 10.1. The minimum Gasteiger partial charge on any atom is -0.313 e. The highest BCUT2D eigenvalue weighted by Crippen LogP contribution is 2.16. The maximum atomic E-state index is 12.2. The molecule has 0 aliphatic heterocycles. The number of pyridine rings is 1. The molecule has 0 atom stereocenters. The van der Waals surface area contributed by atoms with Crippen molar-refractivity contribution >= 4 is 0 Å². The van der Waals surface area contributed by atoms with Crippen LogP contribution in [0, 0.1) is 0 Å². The van der Waals surface area contributed by atoms with Crippen LogP contribution in [0.15, 0.2) is 47.3 Å². The zero-order valence-electron chi connectivity index (χ0n) is 10.8. The molecule has 3 nitrogen and oxygen atoms in total. The van der Waals surface area contributed by atoms with Gasteiger partial charge in [0.25, 0.3) is 5.56 Å². The summed E-state index contributed by atoms with van der Waals surface area (Å²) in [6.45, 7) is 3.52. The lowest BCUT2D eigenvalue weighted by Gasteiger charge is -2.10. The smallest absolute Gasteiger partial charge is 0.255 e. The van der Waals surface area contributed by atoms with E-state index in [1.807, 2.05) is 56.4 Å². The highest BCUT2D eigenvalue weighted by Gasteiger charge is 2.06. The molecule has 0 saturated heterocycles. The van der Waals surface area contributed by atoms with Gasteiger partial charge in [0.15, 0.2) is 0 Å². The predicted octanol–water partition coefficient (Wildman–Crippen LogP) is 2.16. The first-order valence-electron chi connectivity index (χ1n) is 6.19. The van der Waals surface area contributed by atoms with Crippen molar-refractivity contribution in [3.63, 3.8) is 0 Å². The van der Waals surface area contributed by atoms with Crippen LogP contribution in [0.4, 0.5) is 0 Å². The predicted molar refractivity (Wildman–Crippen MR) is 74.5 cm³/mol. The van der Waals surface area contributed by atoms with Crippen LogP contribution in [0.1, 0.15) is 12.5 Å². The molecule has 1 heterocycles. The van der Waals surface area contributed by atoms with Crippen LogP contribution in [0.25, 0.3) is 11.3 Å². The highest BCUT2D eigenvalue weighted by molar-refractivity contribution is 5.59. The molecule has 0 amide bonds. The fraction of sp³-hybridized carbons (Fsp3) is 0.267. The standard InChI is InChI=1S/C15H18N2O/c1-3-16-11-13-9-10-14(17(2)15(13)18)12-7-5-4-6-8-12/h4-10,16H,3,11H2,1-2H3. The van der Waals surface area contributed by atoms with E-state index in [1.165, 1.54) is 0 Å². The van der Waals surface area contributed by atoms with Crippen molar-refractivity contribution in [3.8, 4) is 11.3 Å². The van der Waals surface area contributed by atoms with Gasteiger partial charge in [-0.3, -0.25) is 4.79 Å². The van der Waals surface area contributed by atoms with Gasteiger partial charge in [0.1, 0.15) is 0 Å². The van der Waals surface area contributed by atoms with Crippen molar-refractivity contribution in [1.82, 2.24) is 9.88 Å². The van der Waals surface area contributed by atoms with E-state index in [0.29, 0.717) is 6.54 Å². The van der Waals surface area contributed by atoms with Crippen LogP contribution in [0.3, 0.4) is 0 Å². The van der Waals surface area contributed by atoms with Gasteiger partial charge in [-0.25, -0.2) is 0 Å². The van der Waals surface area contributed by atoms with Gasteiger partial charge < -0.3 is 9.88 Å². The third-order valence-electron chi connectivity index (χ3n) is 3.02. The number of hydrogen-bond donors (Lipinski definition) is 1. The van der Waals surface area contributed by atoms with Crippen LogP contribution in [0.2, 0.25) is 0 Å². The summed E-state index contributed by atoms with van der Waals surface area (Å²) in [5.74, 6) is 0. The van der Waals surface area contributed by atoms with E-state index < -0.39 is 0 Å². The van der Waals surface area contributed by atoms with Crippen LogP contribution in [-0.2, 0) is 13.6 Å². The lowest BCUT2D eigenvalue weighted by Crippen LogP contribution is -2.26. The number of nitrogens with zero attached hydrogens (tertiary/aromatic N) is 1. The summed E-state index contributed by atoms with van der Waals surface area (Å²) in [5, 5.41) is 3.18. The van der Waals surface area contributed by atoms with Crippen LogP contribution in [0.5, 0.6) is 0 Å². The Hall–Kier alpha value is -1.87. The highest BCUT2D eigenvalue weighted by atomic mass is 16.1. The first-order chi connectivity index (χ1) is 8.74. The molecule has 18 heavy (non-hydrogen) atoms. The van der Waals surface area contributed by atoms with E-state index >= 15 is 0 Å². The van der Waals surface area contributed by atoms with E-state index in [9.17, 15) is 4.79 Å². The third kappa shape index (κ3) is 2.51. The molecule has 94 valence electrons. The van der Waals surface area contributed by atoms with E-state index in [-0.39, 0.29) is 5.56 Å². The van der Waals surface area contributed by atoms with Crippen molar-refractivity contribution in [3.05, 3.63) is 58.4 Å². The fourth-order valence-corrected chi connectivity index (χ4v) is 1.98. The lowest BCUT2D eigenvalue weighted by molar-refractivity contribution is 0.708. The van der Waals surface area contributed by atoms with Crippen LogP contribution < -0.4 is 10.9 Å². The summed E-state index contributed by atoms with van der Waals surface area (Å²) in [4.78, 5) is 12.2. The number of nitrogens with one attached hydrogen (secondary N) is 1. The van der Waals surface area contributed by atoms with E-state index in [1.54, 1.807) is 4.57 Å². The average Bonchev–Trinajstić information content (AvgIpc) is 2.41. The SMILES string of the molecule is CCNCc1ccc(-c2ccccc2)n(C)c1=O. The summed E-state index contributed by atoms with van der Waals surface area (Å²) < 4.78 is 1.71. The second-order valence-electron chi connectivity index (χ2n) is 4.25. The van der Waals surface area contributed by atoms with Crippen molar-refractivity contribution in [2.45, 2.75) is 13.5 Å². The maximum Gasteiger partial charge on any atom is 0.255 e. The molecule has 0 unspecified atom stereocenters. The molecule has 2 rings (SSSR count). The van der Waals surface area contributed by atoms with E-state index in [4.69, 9.17) is 0 Å². The number of rotatable bonds is 4. The van der Waals surface area contributed by atoms with Crippen molar-refractivity contribution in [2.24, 2.45) is 7.05 Å². The van der Waals surface area contributed by atoms with E-state index in [2.05, 4.69) is 5.32 Å².